The van der Waals surface area contributed by atoms with E-state index in [1.54, 1.807) is 13.0 Å². The molecular weight excluding hydrogens is 358 g/mol. The highest BCUT2D eigenvalue weighted by atomic mass is 16.5. The van der Waals surface area contributed by atoms with E-state index in [2.05, 4.69) is 11.7 Å². The monoisotopic (exact) mass is 379 g/mol. The van der Waals surface area contributed by atoms with Gasteiger partial charge in [-0.05, 0) is 36.8 Å². The molecule has 1 N–H and O–H groups in total. The Bertz CT molecular complexity index is 931. The van der Waals surface area contributed by atoms with Gasteiger partial charge in [-0.1, -0.05) is 42.1 Å². The van der Waals surface area contributed by atoms with Gasteiger partial charge >= 0.3 is 5.97 Å². The quantitative estimate of drug-likeness (QED) is 0.469. The number of carbonyl (C=O) groups is 1. The zero-order chi connectivity index (χ0) is 19.9. The minimum Gasteiger partial charge on any atom is -0.489 e. The molecule has 1 atom stereocenters. The first kappa shape index (κ1) is 19.4. The van der Waals surface area contributed by atoms with Crippen molar-refractivity contribution >= 4 is 5.97 Å². The van der Waals surface area contributed by atoms with Crippen molar-refractivity contribution in [3.63, 3.8) is 0 Å². The Morgan fingerprint density at radius 2 is 1.89 bits per heavy atom. The van der Waals surface area contributed by atoms with Gasteiger partial charge in [0.05, 0.1) is 12.2 Å². The van der Waals surface area contributed by atoms with Crippen molar-refractivity contribution in [3.8, 4) is 17.0 Å². The summed E-state index contributed by atoms with van der Waals surface area (Å²) >= 11 is 0. The summed E-state index contributed by atoms with van der Waals surface area (Å²) in [6.07, 6.45) is -1.31. The van der Waals surface area contributed by atoms with Crippen molar-refractivity contribution in [2.75, 3.05) is 6.61 Å². The molecule has 0 saturated carbocycles. The van der Waals surface area contributed by atoms with Gasteiger partial charge in [0.25, 0.3) is 0 Å². The van der Waals surface area contributed by atoms with Crippen LogP contribution in [0.3, 0.4) is 0 Å². The second kappa shape index (κ2) is 9.01. The molecule has 1 unspecified atom stereocenters. The summed E-state index contributed by atoms with van der Waals surface area (Å²) in [6, 6.07) is 18.8. The highest BCUT2D eigenvalue weighted by Crippen LogP contribution is 2.27. The first-order valence-electron chi connectivity index (χ1n) is 8.86. The molecule has 0 aliphatic rings. The molecule has 0 saturated heterocycles. The van der Waals surface area contributed by atoms with E-state index in [1.807, 2.05) is 54.6 Å². The van der Waals surface area contributed by atoms with Crippen molar-refractivity contribution in [1.82, 2.24) is 5.16 Å². The molecule has 1 aromatic heterocycles. The lowest BCUT2D eigenvalue weighted by atomic mass is 10.1. The molecule has 3 aromatic rings. The van der Waals surface area contributed by atoms with Crippen molar-refractivity contribution in [3.05, 3.63) is 84.1 Å². The molecule has 1 heterocycles. The number of benzene rings is 2. The molecule has 144 valence electrons. The van der Waals surface area contributed by atoms with Gasteiger partial charge in [0.2, 0.25) is 0 Å². The Hall–Kier alpha value is -3.38. The Labute approximate surface area is 163 Å². The van der Waals surface area contributed by atoms with Gasteiger partial charge < -0.3 is 19.1 Å². The lowest BCUT2D eigenvalue weighted by Gasteiger charge is -2.09. The maximum Gasteiger partial charge on any atom is 0.336 e. The van der Waals surface area contributed by atoms with E-state index >= 15 is 0 Å². The standard InChI is InChI=1S/C22H21NO5/c1-3-26-22(25)15(2)21(24)20-13-19(23-28-20)17-9-11-18(12-10-17)27-14-16-7-5-4-6-8-16/h4-13,21,24H,2-3,14H2,1H3. The predicted molar refractivity (Wildman–Crippen MR) is 103 cm³/mol. The first-order valence-corrected chi connectivity index (χ1v) is 8.86. The van der Waals surface area contributed by atoms with Crippen LogP contribution in [0.1, 0.15) is 24.4 Å². The number of carbonyl (C=O) groups excluding carboxylic acids is 1. The molecule has 28 heavy (non-hydrogen) atoms. The number of nitrogens with zero attached hydrogens (tertiary/aromatic N) is 1. The summed E-state index contributed by atoms with van der Waals surface area (Å²) in [6.45, 7) is 5.92. The topological polar surface area (TPSA) is 81.8 Å². The van der Waals surface area contributed by atoms with Crippen LogP contribution in [-0.2, 0) is 16.1 Å². The third-order valence-electron chi connectivity index (χ3n) is 4.06. The van der Waals surface area contributed by atoms with Crippen LogP contribution in [0.4, 0.5) is 0 Å². The summed E-state index contributed by atoms with van der Waals surface area (Å²) in [5.41, 5.74) is 2.30. The number of ether oxygens (including phenoxy) is 2. The van der Waals surface area contributed by atoms with Crippen LogP contribution in [0, 0.1) is 0 Å². The van der Waals surface area contributed by atoms with Crippen LogP contribution in [0.25, 0.3) is 11.3 Å². The van der Waals surface area contributed by atoms with Crippen molar-refractivity contribution in [1.29, 1.82) is 0 Å². The fourth-order valence-electron chi connectivity index (χ4n) is 2.52. The van der Waals surface area contributed by atoms with E-state index in [4.69, 9.17) is 14.0 Å². The highest BCUT2D eigenvalue weighted by molar-refractivity contribution is 5.89. The lowest BCUT2D eigenvalue weighted by Crippen LogP contribution is -2.13. The van der Waals surface area contributed by atoms with Crippen molar-refractivity contribution in [2.24, 2.45) is 0 Å². The average molecular weight is 379 g/mol. The summed E-state index contributed by atoms with van der Waals surface area (Å²) in [5, 5.41) is 14.2. The van der Waals surface area contributed by atoms with Gasteiger partial charge in [-0.15, -0.1) is 0 Å². The Morgan fingerprint density at radius 1 is 1.18 bits per heavy atom. The van der Waals surface area contributed by atoms with E-state index in [1.165, 1.54) is 0 Å². The maximum atomic E-state index is 11.7. The second-order valence-electron chi connectivity index (χ2n) is 6.06. The normalized spacial score (nSPS) is 11.6. The molecule has 6 heteroatoms. The predicted octanol–water partition coefficient (Wildman–Crippen LogP) is 4.07. The molecule has 0 bridgehead atoms. The summed E-state index contributed by atoms with van der Waals surface area (Å²) in [5.74, 6) is 0.178. The smallest absolute Gasteiger partial charge is 0.336 e. The van der Waals surface area contributed by atoms with Crippen LogP contribution in [0.15, 0.2) is 77.3 Å². The molecular formula is C22H21NO5. The van der Waals surface area contributed by atoms with Gasteiger partial charge in [-0.2, -0.15) is 0 Å². The van der Waals surface area contributed by atoms with Crippen LogP contribution in [0.2, 0.25) is 0 Å². The fourth-order valence-corrected chi connectivity index (χ4v) is 2.52. The number of hydrogen-bond acceptors (Lipinski definition) is 6. The SMILES string of the molecule is C=C(C(=O)OCC)C(O)c1cc(-c2ccc(OCc3ccccc3)cc2)no1. The van der Waals surface area contributed by atoms with Crippen molar-refractivity contribution in [2.45, 2.75) is 19.6 Å². The van der Waals surface area contributed by atoms with E-state index in [0.29, 0.717) is 12.3 Å². The highest BCUT2D eigenvalue weighted by Gasteiger charge is 2.23. The third kappa shape index (κ3) is 4.66. The van der Waals surface area contributed by atoms with Crippen molar-refractivity contribution < 1.29 is 23.9 Å². The largest absolute Gasteiger partial charge is 0.489 e. The molecule has 0 aliphatic carbocycles. The van der Waals surface area contributed by atoms with E-state index in [0.717, 1.165) is 16.9 Å². The summed E-state index contributed by atoms with van der Waals surface area (Å²) < 4.78 is 15.8. The van der Waals surface area contributed by atoms with Gasteiger partial charge in [-0.25, -0.2) is 4.79 Å². The zero-order valence-corrected chi connectivity index (χ0v) is 15.5. The Morgan fingerprint density at radius 3 is 2.57 bits per heavy atom. The van der Waals surface area contributed by atoms with Gasteiger partial charge in [-0.3, -0.25) is 0 Å². The average Bonchev–Trinajstić information content (AvgIpc) is 3.22. The molecule has 6 nitrogen and oxygen atoms in total. The minimum absolute atomic E-state index is 0.103. The van der Waals surface area contributed by atoms with Gasteiger partial charge in [0, 0.05) is 11.6 Å². The minimum atomic E-state index is -1.31. The Balaban J connectivity index is 1.64. The molecule has 0 fully saturated rings. The third-order valence-corrected chi connectivity index (χ3v) is 4.06. The number of aliphatic hydroxyl groups excluding tert-OH is 1. The molecule has 0 amide bonds. The zero-order valence-electron chi connectivity index (χ0n) is 15.5. The molecule has 0 radical (unpaired) electrons. The number of hydrogen-bond donors (Lipinski definition) is 1. The first-order chi connectivity index (χ1) is 13.6. The van der Waals surface area contributed by atoms with E-state index in [9.17, 15) is 9.90 Å². The van der Waals surface area contributed by atoms with Gasteiger partial charge in [0.1, 0.15) is 24.2 Å². The van der Waals surface area contributed by atoms with Crippen LogP contribution < -0.4 is 4.74 Å². The number of rotatable bonds is 8. The van der Waals surface area contributed by atoms with Gasteiger partial charge in [0.15, 0.2) is 5.76 Å². The number of esters is 1. The Kier molecular flexibility index (Phi) is 6.24. The van der Waals surface area contributed by atoms with E-state index < -0.39 is 12.1 Å². The molecule has 3 rings (SSSR count). The summed E-state index contributed by atoms with van der Waals surface area (Å²) in [7, 11) is 0. The van der Waals surface area contributed by atoms with Crippen LogP contribution in [0.5, 0.6) is 5.75 Å². The molecule has 0 aliphatic heterocycles. The molecule has 2 aromatic carbocycles. The maximum absolute atomic E-state index is 11.7. The fraction of sp³-hybridized carbons (Fsp3) is 0.182. The van der Waals surface area contributed by atoms with E-state index in [-0.39, 0.29) is 17.9 Å². The second-order valence-corrected chi connectivity index (χ2v) is 6.06. The number of aliphatic hydroxyl groups is 1. The van der Waals surface area contributed by atoms with Crippen LogP contribution in [-0.4, -0.2) is 22.8 Å². The number of aromatic nitrogens is 1. The van der Waals surface area contributed by atoms with Crippen LogP contribution >= 0.6 is 0 Å². The summed E-state index contributed by atoms with van der Waals surface area (Å²) in [4.78, 5) is 11.7. The lowest BCUT2D eigenvalue weighted by molar-refractivity contribution is -0.139. The molecule has 0 spiro atoms.